The zero-order chi connectivity index (χ0) is 12.6. The minimum absolute atomic E-state index is 0.144. The summed E-state index contributed by atoms with van der Waals surface area (Å²) in [7, 11) is 0. The molecule has 0 amide bonds. The van der Waals surface area contributed by atoms with Gasteiger partial charge in [-0.2, -0.15) is 0 Å². The smallest absolute Gasteiger partial charge is 0.319 e. The first-order valence-corrected chi connectivity index (χ1v) is 6.60. The quantitative estimate of drug-likeness (QED) is 0.546. The Balaban J connectivity index is 2.07. The molecule has 1 fully saturated rings. The second-order valence-electron chi connectivity index (χ2n) is 5.10. The van der Waals surface area contributed by atoms with Gasteiger partial charge in [0, 0.05) is 19.8 Å². The van der Waals surface area contributed by atoms with Crippen molar-refractivity contribution in [1.82, 2.24) is 5.32 Å². The molecule has 0 bridgehead atoms. The van der Waals surface area contributed by atoms with Crippen molar-refractivity contribution in [2.45, 2.75) is 39.5 Å². The van der Waals surface area contributed by atoms with Gasteiger partial charge in [0.15, 0.2) is 0 Å². The SMILES string of the molecule is CCCCOC(=O)CNCC1(C)CCOCC1. The molecule has 100 valence electrons. The summed E-state index contributed by atoms with van der Waals surface area (Å²) in [6, 6.07) is 0. The molecule has 0 atom stereocenters. The van der Waals surface area contributed by atoms with Gasteiger partial charge in [0.1, 0.15) is 0 Å². The monoisotopic (exact) mass is 243 g/mol. The van der Waals surface area contributed by atoms with E-state index in [0.717, 1.165) is 45.4 Å². The fourth-order valence-corrected chi connectivity index (χ4v) is 1.89. The van der Waals surface area contributed by atoms with E-state index < -0.39 is 0 Å². The number of carbonyl (C=O) groups excluding carboxylic acids is 1. The van der Waals surface area contributed by atoms with Crippen LogP contribution in [0.2, 0.25) is 0 Å². The van der Waals surface area contributed by atoms with Crippen molar-refractivity contribution >= 4 is 5.97 Å². The summed E-state index contributed by atoms with van der Waals surface area (Å²) in [5.74, 6) is -0.144. The molecule has 1 heterocycles. The van der Waals surface area contributed by atoms with E-state index in [0.29, 0.717) is 13.2 Å². The summed E-state index contributed by atoms with van der Waals surface area (Å²) >= 11 is 0. The van der Waals surface area contributed by atoms with E-state index in [9.17, 15) is 4.79 Å². The molecule has 0 radical (unpaired) electrons. The number of ether oxygens (including phenoxy) is 2. The number of esters is 1. The van der Waals surface area contributed by atoms with Gasteiger partial charge in [-0.15, -0.1) is 0 Å². The van der Waals surface area contributed by atoms with Crippen LogP contribution in [-0.4, -0.2) is 38.9 Å². The lowest BCUT2D eigenvalue weighted by atomic mass is 9.82. The van der Waals surface area contributed by atoms with Crippen molar-refractivity contribution in [3.8, 4) is 0 Å². The molecule has 0 aromatic heterocycles. The fraction of sp³-hybridized carbons (Fsp3) is 0.923. The third-order valence-corrected chi connectivity index (χ3v) is 3.28. The molecule has 4 nitrogen and oxygen atoms in total. The van der Waals surface area contributed by atoms with Gasteiger partial charge in [-0.1, -0.05) is 20.3 Å². The summed E-state index contributed by atoms with van der Waals surface area (Å²) in [5.41, 5.74) is 0.266. The van der Waals surface area contributed by atoms with E-state index in [4.69, 9.17) is 9.47 Å². The number of nitrogens with one attached hydrogen (secondary N) is 1. The highest BCUT2D eigenvalue weighted by atomic mass is 16.5. The van der Waals surface area contributed by atoms with E-state index in [1.54, 1.807) is 0 Å². The van der Waals surface area contributed by atoms with Crippen LogP contribution in [0, 0.1) is 5.41 Å². The van der Waals surface area contributed by atoms with Crippen LogP contribution in [0.4, 0.5) is 0 Å². The number of hydrogen-bond donors (Lipinski definition) is 1. The maximum absolute atomic E-state index is 11.4. The van der Waals surface area contributed by atoms with Crippen LogP contribution in [0.1, 0.15) is 39.5 Å². The molecule has 1 aliphatic rings. The first kappa shape index (κ1) is 14.5. The molecule has 0 aromatic rings. The third kappa shape index (κ3) is 6.03. The zero-order valence-corrected chi connectivity index (χ0v) is 11.1. The number of unbranched alkanes of at least 4 members (excludes halogenated alkanes) is 1. The molecular formula is C13H25NO3. The van der Waals surface area contributed by atoms with Gasteiger partial charge < -0.3 is 14.8 Å². The van der Waals surface area contributed by atoms with Gasteiger partial charge in [0.2, 0.25) is 0 Å². The lowest BCUT2D eigenvalue weighted by Crippen LogP contribution is -2.39. The maximum atomic E-state index is 11.4. The first-order chi connectivity index (χ1) is 8.16. The standard InChI is InChI=1S/C13H25NO3/c1-3-4-7-17-12(15)10-14-11-13(2)5-8-16-9-6-13/h14H,3-11H2,1-2H3. The minimum Gasteiger partial charge on any atom is -0.465 e. The predicted octanol–water partition coefficient (Wildman–Crippen LogP) is 1.74. The summed E-state index contributed by atoms with van der Waals surface area (Å²) < 4.78 is 10.4. The maximum Gasteiger partial charge on any atom is 0.319 e. The summed E-state index contributed by atoms with van der Waals surface area (Å²) in [4.78, 5) is 11.4. The molecule has 1 saturated heterocycles. The Hall–Kier alpha value is -0.610. The van der Waals surface area contributed by atoms with Gasteiger partial charge in [-0.3, -0.25) is 4.79 Å². The topological polar surface area (TPSA) is 47.6 Å². The van der Waals surface area contributed by atoms with E-state index in [-0.39, 0.29) is 11.4 Å². The Labute approximate surface area is 104 Å². The second kappa shape index (κ2) is 7.67. The Morgan fingerprint density at radius 2 is 2.12 bits per heavy atom. The van der Waals surface area contributed by atoms with Gasteiger partial charge in [-0.25, -0.2) is 0 Å². The van der Waals surface area contributed by atoms with Crippen LogP contribution in [0.15, 0.2) is 0 Å². The highest BCUT2D eigenvalue weighted by Crippen LogP contribution is 2.28. The number of hydrogen-bond acceptors (Lipinski definition) is 4. The van der Waals surface area contributed by atoms with Crippen molar-refractivity contribution in [3.63, 3.8) is 0 Å². The molecule has 0 unspecified atom stereocenters. The third-order valence-electron chi connectivity index (χ3n) is 3.28. The van der Waals surface area contributed by atoms with E-state index >= 15 is 0 Å². The summed E-state index contributed by atoms with van der Waals surface area (Å²) in [6.07, 6.45) is 4.12. The Morgan fingerprint density at radius 3 is 2.76 bits per heavy atom. The van der Waals surface area contributed by atoms with E-state index in [1.807, 2.05) is 0 Å². The Morgan fingerprint density at radius 1 is 1.41 bits per heavy atom. The second-order valence-corrected chi connectivity index (χ2v) is 5.10. The van der Waals surface area contributed by atoms with Crippen molar-refractivity contribution in [3.05, 3.63) is 0 Å². The van der Waals surface area contributed by atoms with Gasteiger partial charge in [0.05, 0.1) is 13.2 Å². The van der Waals surface area contributed by atoms with Crippen LogP contribution in [0.25, 0.3) is 0 Å². The highest BCUT2D eigenvalue weighted by molar-refractivity contribution is 5.71. The van der Waals surface area contributed by atoms with Crippen molar-refractivity contribution in [2.75, 3.05) is 32.9 Å². The molecular weight excluding hydrogens is 218 g/mol. The Kier molecular flexibility index (Phi) is 6.52. The number of rotatable bonds is 7. The molecule has 1 rings (SSSR count). The van der Waals surface area contributed by atoms with E-state index in [2.05, 4.69) is 19.2 Å². The lowest BCUT2D eigenvalue weighted by Gasteiger charge is -2.33. The number of carbonyl (C=O) groups is 1. The van der Waals surface area contributed by atoms with Crippen LogP contribution in [0.5, 0.6) is 0 Å². The van der Waals surface area contributed by atoms with Crippen LogP contribution >= 0.6 is 0 Å². The predicted molar refractivity (Wildman–Crippen MR) is 66.9 cm³/mol. The molecule has 0 aromatic carbocycles. The van der Waals surface area contributed by atoms with Gasteiger partial charge in [0.25, 0.3) is 0 Å². The average molecular weight is 243 g/mol. The zero-order valence-electron chi connectivity index (χ0n) is 11.1. The van der Waals surface area contributed by atoms with Gasteiger partial charge >= 0.3 is 5.97 Å². The largest absolute Gasteiger partial charge is 0.465 e. The van der Waals surface area contributed by atoms with Crippen LogP contribution in [-0.2, 0) is 14.3 Å². The minimum atomic E-state index is -0.144. The Bertz CT molecular complexity index is 225. The molecule has 0 spiro atoms. The van der Waals surface area contributed by atoms with E-state index in [1.165, 1.54) is 0 Å². The van der Waals surface area contributed by atoms with Crippen molar-refractivity contribution in [1.29, 1.82) is 0 Å². The molecule has 4 heteroatoms. The molecule has 1 aliphatic heterocycles. The van der Waals surface area contributed by atoms with Crippen molar-refractivity contribution in [2.24, 2.45) is 5.41 Å². The summed E-state index contributed by atoms with van der Waals surface area (Å²) in [6.45, 7) is 7.71. The van der Waals surface area contributed by atoms with Gasteiger partial charge in [-0.05, 0) is 24.7 Å². The average Bonchev–Trinajstić information content (AvgIpc) is 2.30. The molecule has 1 N–H and O–H groups in total. The normalized spacial score (nSPS) is 18.9. The van der Waals surface area contributed by atoms with Crippen LogP contribution < -0.4 is 5.32 Å². The molecule has 0 saturated carbocycles. The molecule has 17 heavy (non-hydrogen) atoms. The van der Waals surface area contributed by atoms with Crippen LogP contribution in [0.3, 0.4) is 0 Å². The fourth-order valence-electron chi connectivity index (χ4n) is 1.89. The molecule has 0 aliphatic carbocycles. The van der Waals surface area contributed by atoms with Crippen molar-refractivity contribution < 1.29 is 14.3 Å². The summed E-state index contributed by atoms with van der Waals surface area (Å²) in [5, 5.41) is 3.19. The lowest BCUT2D eigenvalue weighted by molar-refractivity contribution is -0.142. The first-order valence-electron chi connectivity index (χ1n) is 6.60. The highest BCUT2D eigenvalue weighted by Gasteiger charge is 2.26.